The van der Waals surface area contributed by atoms with Crippen LogP contribution in [0.1, 0.15) is 5.56 Å². The summed E-state index contributed by atoms with van der Waals surface area (Å²) in [5.74, 6) is -0.171. The third-order valence-electron chi connectivity index (χ3n) is 2.61. The summed E-state index contributed by atoms with van der Waals surface area (Å²) < 4.78 is 43.7. The zero-order chi connectivity index (χ0) is 13.9. The SMILES string of the molecule is F[B-](F)(F)c1ccccc1OCc1ccccc1Cl.[K+]. The molecule has 0 spiro atoms. The number of rotatable bonds is 4. The Labute approximate surface area is 162 Å². The van der Waals surface area contributed by atoms with Gasteiger partial charge in [0.05, 0.1) is 5.75 Å². The van der Waals surface area contributed by atoms with E-state index in [1.54, 1.807) is 24.3 Å². The molecule has 2 aromatic carbocycles. The van der Waals surface area contributed by atoms with Crippen molar-refractivity contribution in [2.24, 2.45) is 0 Å². The molecular formula is C13H10BClF3KO. The Morgan fingerprint density at radius 2 is 1.55 bits per heavy atom. The zero-order valence-corrected chi connectivity index (χ0v) is 14.7. The van der Waals surface area contributed by atoms with Gasteiger partial charge in [0.15, 0.2) is 0 Å². The predicted octanol–water partition coefficient (Wildman–Crippen LogP) is 0.977. The van der Waals surface area contributed by atoms with E-state index in [0.717, 1.165) is 6.07 Å². The van der Waals surface area contributed by atoms with Crippen molar-refractivity contribution >= 4 is 24.0 Å². The summed E-state index contributed by atoms with van der Waals surface area (Å²) in [4.78, 5) is 0. The first kappa shape index (κ1) is 18.1. The van der Waals surface area contributed by atoms with E-state index in [1.807, 2.05) is 0 Å². The van der Waals surface area contributed by atoms with Crippen LogP contribution in [0.15, 0.2) is 48.5 Å². The second-order valence-corrected chi connectivity index (χ2v) is 4.40. The van der Waals surface area contributed by atoms with E-state index < -0.39 is 12.4 Å². The van der Waals surface area contributed by atoms with Crippen LogP contribution < -0.4 is 61.6 Å². The largest absolute Gasteiger partial charge is 1.00 e. The Morgan fingerprint density at radius 1 is 0.950 bits per heavy atom. The molecule has 0 saturated heterocycles. The van der Waals surface area contributed by atoms with Crippen LogP contribution in [0.3, 0.4) is 0 Å². The molecular weight excluding hydrogens is 314 g/mol. The van der Waals surface area contributed by atoms with Crippen molar-refractivity contribution in [1.82, 2.24) is 0 Å². The van der Waals surface area contributed by atoms with Crippen molar-refractivity contribution < 1.29 is 69.1 Å². The summed E-state index contributed by atoms with van der Waals surface area (Å²) in [5, 5.41) is 0.470. The van der Waals surface area contributed by atoms with Crippen molar-refractivity contribution in [3.63, 3.8) is 0 Å². The summed E-state index contributed by atoms with van der Waals surface area (Å²) in [6.45, 7) is -5.09. The topological polar surface area (TPSA) is 9.23 Å². The molecule has 0 aliphatic carbocycles. The average Bonchev–Trinajstić information content (AvgIpc) is 2.37. The first-order valence-electron chi connectivity index (χ1n) is 5.63. The van der Waals surface area contributed by atoms with Gasteiger partial charge >= 0.3 is 58.4 Å². The van der Waals surface area contributed by atoms with Gasteiger partial charge in [-0.3, -0.25) is 0 Å². The van der Waals surface area contributed by atoms with Crippen LogP contribution in [0.5, 0.6) is 5.75 Å². The number of para-hydroxylation sites is 1. The summed E-state index contributed by atoms with van der Waals surface area (Å²) in [5.41, 5.74) is -0.0804. The molecule has 0 atom stereocenters. The van der Waals surface area contributed by atoms with Crippen LogP contribution in [0.4, 0.5) is 12.9 Å². The molecule has 0 fully saturated rings. The maximum Gasteiger partial charge on any atom is 1.00 e. The molecule has 0 N–H and O–H groups in total. The molecule has 1 nitrogen and oxygen atoms in total. The van der Waals surface area contributed by atoms with Crippen LogP contribution in [0, 0.1) is 0 Å². The Balaban J connectivity index is 0.00000200. The zero-order valence-electron chi connectivity index (χ0n) is 10.8. The molecule has 0 amide bonds. The summed E-state index contributed by atoms with van der Waals surface area (Å²) in [6.07, 6.45) is 0. The van der Waals surface area contributed by atoms with E-state index in [4.69, 9.17) is 16.3 Å². The molecule has 2 aromatic rings. The molecule has 7 heteroatoms. The Kier molecular flexibility index (Phi) is 7.11. The molecule has 0 aliphatic heterocycles. The second kappa shape index (κ2) is 7.87. The van der Waals surface area contributed by atoms with Crippen LogP contribution in [-0.4, -0.2) is 6.98 Å². The van der Waals surface area contributed by atoms with Gasteiger partial charge in [-0.1, -0.05) is 53.5 Å². The van der Waals surface area contributed by atoms with Crippen molar-refractivity contribution in [2.75, 3.05) is 0 Å². The van der Waals surface area contributed by atoms with Crippen molar-refractivity contribution in [3.8, 4) is 5.75 Å². The van der Waals surface area contributed by atoms with E-state index in [2.05, 4.69) is 0 Å². The van der Waals surface area contributed by atoms with E-state index in [9.17, 15) is 12.9 Å². The third-order valence-corrected chi connectivity index (χ3v) is 2.98. The van der Waals surface area contributed by atoms with E-state index in [0.29, 0.717) is 10.6 Å². The summed E-state index contributed by atoms with van der Waals surface area (Å²) >= 11 is 5.92. The van der Waals surface area contributed by atoms with Gasteiger partial charge in [-0.05, 0) is 12.1 Å². The Bertz CT molecular complexity index is 578. The molecule has 20 heavy (non-hydrogen) atoms. The Hall–Kier alpha value is 0.0213. The summed E-state index contributed by atoms with van der Waals surface area (Å²) in [7, 11) is 0. The van der Waals surface area contributed by atoms with Gasteiger partial charge in [0.1, 0.15) is 6.61 Å². The minimum atomic E-state index is -5.09. The van der Waals surface area contributed by atoms with Crippen LogP contribution in [-0.2, 0) is 6.61 Å². The standard InChI is InChI=1S/C13H10BClF3O.K/c15-12-7-3-1-5-10(12)9-19-13-8-4-2-6-11(13)14(16,17)18;/h1-8H,9H2;/q-1;+1. The second-order valence-electron chi connectivity index (χ2n) is 3.99. The van der Waals surface area contributed by atoms with E-state index in [-0.39, 0.29) is 63.7 Å². The fourth-order valence-corrected chi connectivity index (χ4v) is 1.84. The van der Waals surface area contributed by atoms with Crippen LogP contribution >= 0.6 is 11.6 Å². The number of ether oxygens (including phenoxy) is 1. The first-order chi connectivity index (χ1) is 8.98. The van der Waals surface area contributed by atoms with Crippen LogP contribution in [0.25, 0.3) is 0 Å². The van der Waals surface area contributed by atoms with Gasteiger partial charge < -0.3 is 17.7 Å². The summed E-state index contributed by atoms with van der Waals surface area (Å²) in [6, 6.07) is 12.1. The minimum Gasteiger partial charge on any atom is -0.492 e. The molecule has 100 valence electrons. The molecule has 0 aliphatic rings. The number of halogens is 4. The molecule has 0 heterocycles. The maximum atomic E-state index is 12.8. The molecule has 2 rings (SSSR count). The monoisotopic (exact) mass is 324 g/mol. The number of hydrogen-bond acceptors (Lipinski definition) is 1. The van der Waals surface area contributed by atoms with Crippen molar-refractivity contribution in [3.05, 3.63) is 59.1 Å². The molecule has 0 aromatic heterocycles. The molecule has 0 radical (unpaired) electrons. The Morgan fingerprint density at radius 3 is 2.20 bits per heavy atom. The smallest absolute Gasteiger partial charge is 0.492 e. The number of hydrogen-bond donors (Lipinski definition) is 0. The number of benzene rings is 2. The van der Waals surface area contributed by atoms with Gasteiger partial charge in [-0.2, -0.15) is 0 Å². The predicted molar refractivity (Wildman–Crippen MR) is 70.9 cm³/mol. The molecule has 0 bridgehead atoms. The van der Waals surface area contributed by atoms with Gasteiger partial charge in [0, 0.05) is 10.6 Å². The maximum absolute atomic E-state index is 12.8. The normalized spacial score (nSPS) is 10.8. The quantitative estimate of drug-likeness (QED) is 0.762. The average molecular weight is 325 g/mol. The van der Waals surface area contributed by atoms with Crippen molar-refractivity contribution in [2.45, 2.75) is 6.61 Å². The third kappa shape index (κ3) is 4.79. The van der Waals surface area contributed by atoms with E-state index >= 15 is 0 Å². The van der Waals surface area contributed by atoms with Gasteiger partial charge in [0.2, 0.25) is 0 Å². The fourth-order valence-electron chi connectivity index (χ4n) is 1.65. The first-order valence-corrected chi connectivity index (χ1v) is 6.01. The van der Waals surface area contributed by atoms with Crippen molar-refractivity contribution in [1.29, 1.82) is 0 Å². The van der Waals surface area contributed by atoms with E-state index in [1.165, 1.54) is 18.2 Å². The van der Waals surface area contributed by atoms with Gasteiger partial charge in [-0.15, -0.1) is 0 Å². The minimum absolute atomic E-state index is 0. The fraction of sp³-hybridized carbons (Fsp3) is 0.0769. The van der Waals surface area contributed by atoms with Gasteiger partial charge in [-0.25, -0.2) is 0 Å². The van der Waals surface area contributed by atoms with Crippen LogP contribution in [0.2, 0.25) is 5.02 Å². The molecule has 0 unspecified atom stereocenters. The molecule has 0 saturated carbocycles. The van der Waals surface area contributed by atoms with Gasteiger partial charge in [0.25, 0.3) is 0 Å².